The lowest BCUT2D eigenvalue weighted by molar-refractivity contribution is 0.0907. The molecule has 29 heavy (non-hydrogen) atoms. The molecule has 0 unspecified atom stereocenters. The first kappa shape index (κ1) is 19.1. The second-order valence-corrected chi connectivity index (χ2v) is 6.93. The smallest absolute Gasteiger partial charge is 0.316 e. The Morgan fingerprint density at radius 1 is 1.03 bits per heavy atom. The predicted octanol–water partition coefficient (Wildman–Crippen LogP) is 2.07. The van der Waals surface area contributed by atoms with E-state index in [0.717, 1.165) is 44.7 Å². The van der Waals surface area contributed by atoms with Gasteiger partial charge in [-0.1, -0.05) is 23.4 Å². The molecule has 0 aliphatic carbocycles. The molecule has 0 spiro atoms. The van der Waals surface area contributed by atoms with Crippen LogP contribution in [0.1, 0.15) is 17.1 Å². The quantitative estimate of drug-likeness (QED) is 0.616. The summed E-state index contributed by atoms with van der Waals surface area (Å²) in [5, 5.41) is 6.71. The van der Waals surface area contributed by atoms with Crippen molar-refractivity contribution in [3.05, 3.63) is 60.7 Å². The van der Waals surface area contributed by atoms with Crippen LogP contribution in [0.15, 0.2) is 59.4 Å². The molecular formula is C21H24N6O2. The highest BCUT2D eigenvalue weighted by Crippen LogP contribution is 2.16. The van der Waals surface area contributed by atoms with E-state index in [0.29, 0.717) is 12.4 Å². The molecule has 3 heterocycles. The molecule has 0 saturated carbocycles. The number of piperazine rings is 1. The van der Waals surface area contributed by atoms with Crippen molar-refractivity contribution in [2.75, 3.05) is 44.2 Å². The number of pyridine rings is 1. The predicted molar refractivity (Wildman–Crippen MR) is 110 cm³/mol. The number of anilines is 1. The zero-order valence-electron chi connectivity index (χ0n) is 16.2. The van der Waals surface area contributed by atoms with Crippen molar-refractivity contribution in [3.8, 4) is 11.4 Å². The first-order valence-electron chi connectivity index (χ1n) is 9.84. The molecular weight excluding hydrogens is 368 g/mol. The lowest BCUT2D eigenvalue weighted by Gasteiger charge is -2.36. The Morgan fingerprint density at radius 3 is 2.55 bits per heavy atom. The minimum absolute atomic E-state index is 0.0201. The molecule has 1 amide bonds. The molecule has 4 rings (SSSR count). The maximum Gasteiger partial charge on any atom is 0.316 e. The Morgan fingerprint density at radius 2 is 1.79 bits per heavy atom. The van der Waals surface area contributed by atoms with Crippen LogP contribution in [0.25, 0.3) is 11.4 Å². The van der Waals surface area contributed by atoms with Gasteiger partial charge in [0, 0.05) is 56.4 Å². The average molecular weight is 392 g/mol. The molecule has 1 saturated heterocycles. The number of carbonyl (C=O) groups excluding carboxylic acids is 1. The molecule has 0 atom stereocenters. The summed E-state index contributed by atoms with van der Waals surface area (Å²) < 4.78 is 5.07. The molecule has 0 radical (unpaired) electrons. The Balaban J connectivity index is 1.17. The molecule has 150 valence electrons. The van der Waals surface area contributed by atoms with Gasteiger partial charge in [-0.05, 0) is 37.2 Å². The first-order valence-corrected chi connectivity index (χ1v) is 9.84. The van der Waals surface area contributed by atoms with Gasteiger partial charge >= 0.3 is 11.8 Å². The van der Waals surface area contributed by atoms with Gasteiger partial charge in [0.05, 0.1) is 0 Å². The maximum atomic E-state index is 12.2. The molecule has 1 aliphatic heterocycles. The van der Waals surface area contributed by atoms with E-state index in [1.165, 1.54) is 5.69 Å². The molecule has 1 aromatic carbocycles. The van der Waals surface area contributed by atoms with E-state index in [9.17, 15) is 4.79 Å². The first-order chi connectivity index (χ1) is 14.3. The number of hydrogen-bond acceptors (Lipinski definition) is 7. The van der Waals surface area contributed by atoms with Crippen LogP contribution in [0.3, 0.4) is 0 Å². The zero-order valence-corrected chi connectivity index (χ0v) is 16.2. The summed E-state index contributed by atoms with van der Waals surface area (Å²) in [5.74, 6) is 0.0221. The number of rotatable bonds is 7. The van der Waals surface area contributed by atoms with Crippen molar-refractivity contribution in [2.45, 2.75) is 6.42 Å². The highest BCUT2D eigenvalue weighted by molar-refractivity contribution is 5.89. The van der Waals surface area contributed by atoms with Crippen LogP contribution in [0.4, 0.5) is 5.69 Å². The van der Waals surface area contributed by atoms with Crippen molar-refractivity contribution in [1.29, 1.82) is 0 Å². The van der Waals surface area contributed by atoms with Gasteiger partial charge in [0.25, 0.3) is 0 Å². The Labute approximate surface area is 169 Å². The molecule has 2 aromatic heterocycles. The SMILES string of the molecule is O=C(NCCCN1CCN(c2ccccc2)CC1)c1nc(-c2ccncc2)no1. The summed E-state index contributed by atoms with van der Waals surface area (Å²) in [4.78, 5) is 25.1. The third-order valence-corrected chi connectivity index (χ3v) is 4.99. The van der Waals surface area contributed by atoms with Crippen molar-refractivity contribution in [3.63, 3.8) is 0 Å². The molecule has 3 aromatic rings. The molecule has 8 nitrogen and oxygen atoms in total. The lowest BCUT2D eigenvalue weighted by Crippen LogP contribution is -2.47. The van der Waals surface area contributed by atoms with Gasteiger partial charge in [-0.25, -0.2) is 0 Å². The number of nitrogens with one attached hydrogen (secondary N) is 1. The number of amides is 1. The van der Waals surface area contributed by atoms with Crippen LogP contribution in [0.5, 0.6) is 0 Å². The summed E-state index contributed by atoms with van der Waals surface area (Å²) >= 11 is 0. The summed E-state index contributed by atoms with van der Waals surface area (Å²) in [6, 6.07) is 14.0. The van der Waals surface area contributed by atoms with Crippen molar-refractivity contribution in [1.82, 2.24) is 25.3 Å². The Kier molecular flexibility index (Phi) is 6.11. The van der Waals surface area contributed by atoms with Gasteiger partial charge in [-0.3, -0.25) is 14.7 Å². The summed E-state index contributed by atoms with van der Waals surface area (Å²) in [6.45, 7) is 5.63. The second-order valence-electron chi connectivity index (χ2n) is 6.93. The zero-order chi connectivity index (χ0) is 19.9. The summed E-state index contributed by atoms with van der Waals surface area (Å²) in [6.07, 6.45) is 4.17. The molecule has 8 heteroatoms. The van der Waals surface area contributed by atoms with E-state index in [4.69, 9.17) is 4.52 Å². The molecule has 1 N–H and O–H groups in total. The van der Waals surface area contributed by atoms with E-state index in [1.807, 2.05) is 6.07 Å². The van der Waals surface area contributed by atoms with E-state index in [2.05, 4.69) is 54.5 Å². The highest BCUT2D eigenvalue weighted by Gasteiger charge is 2.18. The van der Waals surface area contributed by atoms with E-state index in [-0.39, 0.29) is 11.8 Å². The number of aromatic nitrogens is 3. The standard InChI is InChI=1S/C21H24N6O2/c28-20(21-24-19(25-29-21)17-7-10-22-11-8-17)23-9-4-12-26-13-15-27(16-14-26)18-5-2-1-3-6-18/h1-3,5-8,10-11H,4,9,12-16H2,(H,23,28). The molecule has 1 aliphatic rings. The minimum atomic E-state index is -0.341. The van der Waals surface area contributed by atoms with Gasteiger partial charge in [-0.15, -0.1) is 0 Å². The number of hydrogen-bond donors (Lipinski definition) is 1. The average Bonchev–Trinajstić information content (AvgIpc) is 3.29. The van der Waals surface area contributed by atoms with E-state index in [1.54, 1.807) is 24.5 Å². The Bertz CT molecular complexity index is 907. The maximum absolute atomic E-state index is 12.2. The van der Waals surface area contributed by atoms with Crippen LogP contribution in [0, 0.1) is 0 Å². The highest BCUT2D eigenvalue weighted by atomic mass is 16.5. The fourth-order valence-electron chi connectivity index (χ4n) is 3.38. The number of para-hydroxylation sites is 1. The van der Waals surface area contributed by atoms with Crippen molar-refractivity contribution < 1.29 is 9.32 Å². The third-order valence-electron chi connectivity index (χ3n) is 4.99. The minimum Gasteiger partial charge on any atom is -0.369 e. The van der Waals surface area contributed by atoms with Crippen molar-refractivity contribution >= 4 is 11.6 Å². The van der Waals surface area contributed by atoms with Crippen LogP contribution in [-0.4, -0.2) is 65.2 Å². The summed E-state index contributed by atoms with van der Waals surface area (Å²) in [7, 11) is 0. The van der Waals surface area contributed by atoms with Gasteiger partial charge in [0.15, 0.2) is 0 Å². The van der Waals surface area contributed by atoms with E-state index >= 15 is 0 Å². The summed E-state index contributed by atoms with van der Waals surface area (Å²) in [5.41, 5.74) is 2.04. The second kappa shape index (κ2) is 9.29. The fraction of sp³-hybridized carbons (Fsp3) is 0.333. The lowest BCUT2D eigenvalue weighted by atomic mass is 10.2. The number of nitrogens with zero attached hydrogens (tertiary/aromatic N) is 5. The van der Waals surface area contributed by atoms with Gasteiger partial charge in [-0.2, -0.15) is 4.98 Å². The topological polar surface area (TPSA) is 87.4 Å². The molecule has 0 bridgehead atoms. The number of carbonyl (C=O) groups is 1. The van der Waals surface area contributed by atoms with E-state index < -0.39 is 0 Å². The van der Waals surface area contributed by atoms with Crippen LogP contribution < -0.4 is 10.2 Å². The molecule has 1 fully saturated rings. The van der Waals surface area contributed by atoms with Crippen LogP contribution in [-0.2, 0) is 0 Å². The normalized spacial score (nSPS) is 14.7. The van der Waals surface area contributed by atoms with Crippen molar-refractivity contribution in [2.24, 2.45) is 0 Å². The monoisotopic (exact) mass is 392 g/mol. The Hall–Kier alpha value is -3.26. The third kappa shape index (κ3) is 4.97. The largest absolute Gasteiger partial charge is 0.369 e. The van der Waals surface area contributed by atoms with Gasteiger partial charge in [0.1, 0.15) is 0 Å². The van der Waals surface area contributed by atoms with Gasteiger partial charge in [0.2, 0.25) is 5.82 Å². The number of benzene rings is 1. The van der Waals surface area contributed by atoms with Crippen LogP contribution in [0.2, 0.25) is 0 Å². The van der Waals surface area contributed by atoms with Crippen LogP contribution >= 0.6 is 0 Å². The fourth-order valence-corrected chi connectivity index (χ4v) is 3.38. The van der Waals surface area contributed by atoms with Gasteiger partial charge < -0.3 is 14.7 Å².